The van der Waals surface area contributed by atoms with Crippen LogP contribution in [0.3, 0.4) is 0 Å². The fourth-order valence-corrected chi connectivity index (χ4v) is 5.93. The van der Waals surface area contributed by atoms with Crippen LogP contribution < -0.4 is 14.4 Å². The maximum atomic E-state index is 14.1. The third kappa shape index (κ3) is 8.26. The smallest absolute Gasteiger partial charge is 0.264 e. The summed E-state index contributed by atoms with van der Waals surface area (Å²) >= 11 is 0. The summed E-state index contributed by atoms with van der Waals surface area (Å²) in [5, 5.41) is 2.95. The molecule has 0 saturated heterocycles. The van der Waals surface area contributed by atoms with Crippen molar-refractivity contribution in [3.8, 4) is 11.5 Å². The molecular formula is C35H39N3O5S. The lowest BCUT2D eigenvalue weighted by Crippen LogP contribution is -2.52. The fourth-order valence-electron chi connectivity index (χ4n) is 4.49. The van der Waals surface area contributed by atoms with Gasteiger partial charge in [0.1, 0.15) is 24.1 Å². The average molecular weight is 614 g/mol. The molecule has 0 unspecified atom stereocenters. The van der Waals surface area contributed by atoms with Crippen molar-refractivity contribution in [2.45, 2.75) is 57.6 Å². The van der Waals surface area contributed by atoms with E-state index in [1.807, 2.05) is 75.4 Å². The van der Waals surface area contributed by atoms with E-state index < -0.39 is 28.5 Å². The largest absolute Gasteiger partial charge is 0.457 e. The van der Waals surface area contributed by atoms with E-state index in [9.17, 15) is 18.0 Å². The Morgan fingerprint density at radius 1 is 0.795 bits per heavy atom. The minimum Gasteiger partial charge on any atom is -0.457 e. The lowest BCUT2D eigenvalue weighted by molar-refractivity contribution is -0.139. The third-order valence-electron chi connectivity index (χ3n) is 7.36. The summed E-state index contributed by atoms with van der Waals surface area (Å²) in [5.74, 6) is 0.335. The van der Waals surface area contributed by atoms with Gasteiger partial charge in [0.25, 0.3) is 10.0 Å². The summed E-state index contributed by atoms with van der Waals surface area (Å²) in [6, 6.07) is 30.5. The molecule has 44 heavy (non-hydrogen) atoms. The molecule has 8 nitrogen and oxygen atoms in total. The molecule has 0 aliphatic heterocycles. The van der Waals surface area contributed by atoms with Gasteiger partial charge in [0.05, 0.1) is 10.6 Å². The molecule has 230 valence electrons. The van der Waals surface area contributed by atoms with Gasteiger partial charge in [-0.25, -0.2) is 8.42 Å². The summed E-state index contributed by atoms with van der Waals surface area (Å²) in [7, 11) is -4.16. The number of rotatable bonds is 13. The summed E-state index contributed by atoms with van der Waals surface area (Å²) in [5.41, 5.74) is 2.18. The SMILES string of the molecule is CC[C@H](C)NC(=O)[C@@H](C)N(Cc1ccc(C)cc1)C(=O)CN(c1ccc(Oc2ccccc2)cc1)S(=O)(=O)c1ccccc1. The van der Waals surface area contributed by atoms with Crippen LogP contribution >= 0.6 is 0 Å². The second-order valence-corrected chi connectivity index (χ2v) is 12.6. The van der Waals surface area contributed by atoms with Crippen LogP contribution in [0, 0.1) is 6.92 Å². The van der Waals surface area contributed by atoms with Crippen molar-refractivity contribution in [1.29, 1.82) is 0 Å². The molecule has 0 aromatic heterocycles. The summed E-state index contributed by atoms with van der Waals surface area (Å²) in [6.07, 6.45) is 0.734. The zero-order valence-corrected chi connectivity index (χ0v) is 26.3. The molecule has 4 aromatic rings. The maximum absolute atomic E-state index is 14.1. The first kappa shape index (κ1) is 32.3. The van der Waals surface area contributed by atoms with Crippen LogP contribution in [0.15, 0.2) is 114 Å². The molecule has 0 saturated carbocycles. The van der Waals surface area contributed by atoms with Crippen molar-refractivity contribution in [2.75, 3.05) is 10.8 Å². The predicted molar refractivity (Wildman–Crippen MR) is 173 cm³/mol. The second kappa shape index (κ2) is 14.7. The lowest BCUT2D eigenvalue weighted by Gasteiger charge is -2.32. The van der Waals surface area contributed by atoms with Gasteiger partial charge < -0.3 is 15.0 Å². The Morgan fingerprint density at radius 2 is 1.36 bits per heavy atom. The van der Waals surface area contributed by atoms with E-state index in [0.717, 1.165) is 21.9 Å². The highest BCUT2D eigenvalue weighted by Crippen LogP contribution is 2.28. The van der Waals surface area contributed by atoms with Crippen LogP contribution in [0.25, 0.3) is 0 Å². The van der Waals surface area contributed by atoms with Crippen LogP contribution in [0.5, 0.6) is 11.5 Å². The number of carbonyl (C=O) groups excluding carboxylic acids is 2. The first-order valence-corrected chi connectivity index (χ1v) is 16.1. The minimum absolute atomic E-state index is 0.0464. The van der Waals surface area contributed by atoms with Crippen LogP contribution in [0.2, 0.25) is 0 Å². The van der Waals surface area contributed by atoms with E-state index in [4.69, 9.17) is 4.74 Å². The van der Waals surface area contributed by atoms with Crippen molar-refractivity contribution < 1.29 is 22.7 Å². The Labute approximate surface area is 260 Å². The summed E-state index contributed by atoms with van der Waals surface area (Å²) < 4.78 is 35.0. The number of para-hydroxylation sites is 1. The molecule has 2 amide bonds. The minimum atomic E-state index is -4.16. The Hall–Kier alpha value is -4.63. The van der Waals surface area contributed by atoms with E-state index in [0.29, 0.717) is 11.5 Å². The highest BCUT2D eigenvalue weighted by molar-refractivity contribution is 7.92. The monoisotopic (exact) mass is 613 g/mol. The molecule has 1 N–H and O–H groups in total. The standard InChI is InChI=1S/C35H39N3O5S/c1-5-27(3)36-35(40)28(4)37(24-29-18-16-26(2)17-19-29)34(39)25-38(44(41,42)33-14-10-7-11-15-33)30-20-22-32(23-21-30)43-31-12-8-6-9-13-31/h6-23,27-28H,5,24-25H2,1-4H3,(H,36,40)/t27-,28+/m0/s1. The first-order chi connectivity index (χ1) is 21.1. The van der Waals surface area contributed by atoms with Gasteiger partial charge in [0.2, 0.25) is 11.8 Å². The molecule has 2 atom stereocenters. The molecule has 0 radical (unpaired) electrons. The number of nitrogens with zero attached hydrogens (tertiary/aromatic N) is 2. The molecular weight excluding hydrogens is 574 g/mol. The lowest BCUT2D eigenvalue weighted by atomic mass is 10.1. The van der Waals surface area contributed by atoms with Gasteiger partial charge in [-0.3, -0.25) is 13.9 Å². The number of nitrogens with one attached hydrogen (secondary N) is 1. The number of ether oxygens (including phenoxy) is 1. The number of carbonyl (C=O) groups is 2. The summed E-state index contributed by atoms with van der Waals surface area (Å²) in [4.78, 5) is 28.8. The number of sulfonamides is 1. The Bertz CT molecular complexity index is 1630. The molecule has 0 aliphatic rings. The van der Waals surface area contributed by atoms with Crippen molar-refractivity contribution in [3.63, 3.8) is 0 Å². The van der Waals surface area contributed by atoms with E-state index in [-0.39, 0.29) is 29.1 Å². The van der Waals surface area contributed by atoms with E-state index in [1.54, 1.807) is 49.4 Å². The van der Waals surface area contributed by atoms with Crippen molar-refractivity contribution in [2.24, 2.45) is 0 Å². The van der Waals surface area contributed by atoms with E-state index >= 15 is 0 Å². The molecule has 0 bridgehead atoms. The van der Waals surface area contributed by atoms with Gasteiger partial charge in [0.15, 0.2) is 0 Å². The highest BCUT2D eigenvalue weighted by Gasteiger charge is 2.32. The van der Waals surface area contributed by atoms with Crippen molar-refractivity contribution in [1.82, 2.24) is 10.2 Å². The molecule has 4 aromatic carbocycles. The summed E-state index contributed by atoms with van der Waals surface area (Å²) in [6.45, 7) is 7.12. The zero-order chi connectivity index (χ0) is 31.7. The molecule has 0 spiro atoms. The van der Waals surface area contributed by atoms with E-state index in [1.165, 1.54) is 17.0 Å². The molecule has 9 heteroatoms. The van der Waals surface area contributed by atoms with E-state index in [2.05, 4.69) is 5.32 Å². The number of hydrogen-bond acceptors (Lipinski definition) is 5. The molecule has 0 heterocycles. The highest BCUT2D eigenvalue weighted by atomic mass is 32.2. The van der Waals surface area contributed by atoms with Gasteiger partial charge >= 0.3 is 0 Å². The van der Waals surface area contributed by atoms with Crippen molar-refractivity contribution >= 4 is 27.5 Å². The topological polar surface area (TPSA) is 96.0 Å². The normalized spacial score (nSPS) is 12.5. The van der Waals surface area contributed by atoms with Gasteiger partial charge in [0, 0.05) is 12.6 Å². The second-order valence-electron chi connectivity index (χ2n) is 10.7. The van der Waals surface area contributed by atoms with Crippen LogP contribution in [-0.4, -0.2) is 43.8 Å². The van der Waals surface area contributed by atoms with Gasteiger partial charge in [-0.2, -0.15) is 0 Å². The molecule has 4 rings (SSSR count). The fraction of sp³-hybridized carbons (Fsp3) is 0.257. The van der Waals surface area contributed by atoms with Crippen LogP contribution in [-0.2, 0) is 26.2 Å². The predicted octanol–water partition coefficient (Wildman–Crippen LogP) is 6.31. The number of anilines is 1. The van der Waals surface area contributed by atoms with Crippen LogP contribution in [0.1, 0.15) is 38.3 Å². The Morgan fingerprint density at radius 3 is 1.95 bits per heavy atom. The van der Waals surface area contributed by atoms with Crippen LogP contribution in [0.4, 0.5) is 5.69 Å². The van der Waals surface area contributed by atoms with Gasteiger partial charge in [-0.15, -0.1) is 0 Å². The zero-order valence-electron chi connectivity index (χ0n) is 25.5. The first-order valence-electron chi connectivity index (χ1n) is 14.6. The average Bonchev–Trinajstić information content (AvgIpc) is 3.04. The van der Waals surface area contributed by atoms with Gasteiger partial charge in [-0.1, -0.05) is 73.2 Å². The molecule has 0 aliphatic carbocycles. The number of hydrogen-bond donors (Lipinski definition) is 1. The maximum Gasteiger partial charge on any atom is 0.264 e. The Kier molecular flexibility index (Phi) is 10.8. The van der Waals surface area contributed by atoms with Crippen molar-refractivity contribution in [3.05, 3.63) is 120 Å². The number of aryl methyl sites for hydroxylation is 1. The van der Waals surface area contributed by atoms with Gasteiger partial charge in [-0.05, 0) is 81.3 Å². The number of benzene rings is 4. The Balaban J connectivity index is 1.68. The quantitative estimate of drug-likeness (QED) is 0.191. The number of amides is 2. The molecule has 0 fully saturated rings. The third-order valence-corrected chi connectivity index (χ3v) is 9.14.